The molecule has 1 spiro atoms. The van der Waals surface area contributed by atoms with Crippen LogP contribution in [0.2, 0.25) is 0 Å². The van der Waals surface area contributed by atoms with Crippen LogP contribution in [0.4, 0.5) is 0 Å². The summed E-state index contributed by atoms with van der Waals surface area (Å²) in [6.45, 7) is 1.23. The maximum Gasteiger partial charge on any atom is 0.327 e. The van der Waals surface area contributed by atoms with E-state index in [1.54, 1.807) is 0 Å². The molecule has 44 heavy (non-hydrogen) atoms. The Morgan fingerprint density at radius 3 is 2.52 bits per heavy atom. The first-order valence-electron chi connectivity index (χ1n) is 14.8. The number of hydrogen-bond donors (Lipinski definition) is 4. The predicted octanol–water partition coefficient (Wildman–Crippen LogP) is 0.344. The number of fused-ring (bicyclic) bond motifs is 5. The molecule has 2 amide bonds. The lowest BCUT2D eigenvalue weighted by Crippen LogP contribution is -2.71. The molecule has 0 aromatic heterocycles. The van der Waals surface area contributed by atoms with Crippen molar-refractivity contribution in [2.45, 2.75) is 81.1 Å². The molecule has 2 bridgehead atoms. The highest BCUT2D eigenvalue weighted by Crippen LogP contribution is 2.58. The van der Waals surface area contributed by atoms with Crippen molar-refractivity contribution in [3.05, 3.63) is 68.8 Å². The summed E-state index contributed by atoms with van der Waals surface area (Å²) in [5, 5.41) is 26.4. The first-order chi connectivity index (χ1) is 21.1. The number of aliphatic hydroxyl groups excluding tert-OH is 2. The van der Waals surface area contributed by atoms with E-state index in [1.165, 1.54) is 12.0 Å². The van der Waals surface area contributed by atoms with Gasteiger partial charge in [0.1, 0.15) is 35.9 Å². The van der Waals surface area contributed by atoms with Crippen LogP contribution in [0.5, 0.6) is 0 Å². The number of carbonyl (C=O) groups is 3. The average Bonchev–Trinajstić information content (AvgIpc) is 3.66. The van der Waals surface area contributed by atoms with E-state index in [9.17, 15) is 24.6 Å². The van der Waals surface area contributed by atoms with Gasteiger partial charge in [0.05, 0.1) is 19.3 Å². The minimum atomic E-state index is -1.51. The second kappa shape index (κ2) is 11.3. The molecule has 5 aliphatic rings. The first kappa shape index (κ1) is 30.0. The highest BCUT2D eigenvalue weighted by molar-refractivity contribution is 14.1. The third-order valence-electron chi connectivity index (χ3n) is 9.40. The van der Waals surface area contributed by atoms with E-state index >= 15 is 0 Å². The molecule has 2 aromatic rings. The molecule has 0 radical (unpaired) electrons. The molecule has 0 unspecified atom stereocenters. The minimum absolute atomic E-state index is 0.0467. The fourth-order valence-electron chi connectivity index (χ4n) is 7.54. The Kier molecular flexibility index (Phi) is 7.71. The largest absolute Gasteiger partial charge is 0.458 e. The summed E-state index contributed by atoms with van der Waals surface area (Å²) in [7, 11) is 0. The van der Waals surface area contributed by atoms with Gasteiger partial charge in [0, 0.05) is 29.4 Å². The van der Waals surface area contributed by atoms with Gasteiger partial charge in [-0.05, 0) is 58.3 Å². The molecule has 2 aliphatic carbocycles. The number of ether oxygens (including phenoxy) is 3. The van der Waals surface area contributed by atoms with Gasteiger partial charge in [-0.2, -0.15) is 5.06 Å². The molecule has 13 heteroatoms. The van der Waals surface area contributed by atoms with E-state index in [-0.39, 0.29) is 26.1 Å². The highest BCUT2D eigenvalue weighted by Gasteiger charge is 2.76. The second-order valence-corrected chi connectivity index (χ2v) is 13.5. The molecule has 12 nitrogen and oxygen atoms in total. The van der Waals surface area contributed by atoms with Crippen LogP contribution in [-0.2, 0) is 52.8 Å². The summed E-state index contributed by atoms with van der Waals surface area (Å²) in [6, 6.07) is 13.3. The Morgan fingerprint density at radius 2 is 1.84 bits per heavy atom. The van der Waals surface area contributed by atoms with E-state index in [1.807, 2.05) is 48.5 Å². The summed E-state index contributed by atoms with van der Waals surface area (Å²) in [4.78, 5) is 47.8. The fraction of sp³-hybridized carbons (Fsp3) is 0.516. The summed E-state index contributed by atoms with van der Waals surface area (Å²) >= 11 is 2.21. The van der Waals surface area contributed by atoms with Gasteiger partial charge in [-0.15, -0.1) is 0 Å². The third kappa shape index (κ3) is 4.84. The maximum absolute atomic E-state index is 14.5. The molecule has 4 N–H and O–H groups in total. The molecule has 8 atom stereocenters. The number of halogens is 1. The van der Waals surface area contributed by atoms with E-state index in [0.29, 0.717) is 12.8 Å². The van der Waals surface area contributed by atoms with Crippen LogP contribution < -0.4 is 10.6 Å². The molecule has 1 saturated carbocycles. The number of rotatable bonds is 8. The van der Waals surface area contributed by atoms with Crippen molar-refractivity contribution < 1.29 is 43.6 Å². The lowest BCUT2D eigenvalue weighted by Gasteiger charge is -2.49. The number of aliphatic hydroxyl groups is 2. The molecular weight excluding hydrogens is 685 g/mol. The zero-order valence-electron chi connectivity index (χ0n) is 24.0. The van der Waals surface area contributed by atoms with Gasteiger partial charge < -0.3 is 35.1 Å². The van der Waals surface area contributed by atoms with Gasteiger partial charge in [0.15, 0.2) is 11.8 Å². The van der Waals surface area contributed by atoms with E-state index < -0.39 is 71.6 Å². The lowest BCUT2D eigenvalue weighted by atomic mass is 9.62. The van der Waals surface area contributed by atoms with Gasteiger partial charge in [0.2, 0.25) is 11.8 Å². The second-order valence-electron chi connectivity index (χ2n) is 12.3. The number of amides is 2. The summed E-state index contributed by atoms with van der Waals surface area (Å²) in [5.41, 5.74) is 1.58. The summed E-state index contributed by atoms with van der Waals surface area (Å²) in [6.07, 6.45) is -3.31. The van der Waals surface area contributed by atoms with Gasteiger partial charge in [-0.3, -0.25) is 19.2 Å². The number of esters is 1. The maximum atomic E-state index is 14.5. The topological polar surface area (TPSA) is 156 Å². The zero-order valence-corrected chi connectivity index (χ0v) is 26.1. The monoisotopic (exact) mass is 719 g/mol. The van der Waals surface area contributed by atoms with Crippen molar-refractivity contribution >= 4 is 40.4 Å². The minimum Gasteiger partial charge on any atom is -0.458 e. The average molecular weight is 720 g/mol. The number of hydrogen-bond acceptors (Lipinski definition) is 10. The van der Waals surface area contributed by atoms with Gasteiger partial charge in [0.25, 0.3) is 0 Å². The van der Waals surface area contributed by atoms with Crippen molar-refractivity contribution in [1.82, 2.24) is 15.7 Å². The highest BCUT2D eigenvalue weighted by atomic mass is 127. The van der Waals surface area contributed by atoms with Crippen LogP contribution in [-0.4, -0.2) is 94.6 Å². The molecule has 3 saturated heterocycles. The van der Waals surface area contributed by atoms with Crippen LogP contribution in [0, 0.1) is 8.99 Å². The summed E-state index contributed by atoms with van der Waals surface area (Å²) in [5.74, 6) is -2.90. The van der Waals surface area contributed by atoms with E-state index in [4.69, 9.17) is 19.0 Å². The first-order valence-corrected chi connectivity index (χ1v) is 15.9. The van der Waals surface area contributed by atoms with Gasteiger partial charge in [-0.25, -0.2) is 0 Å². The quantitative estimate of drug-likeness (QED) is 0.222. The fourth-order valence-corrected chi connectivity index (χ4v) is 8.15. The Morgan fingerprint density at radius 1 is 1.11 bits per heavy atom. The Bertz CT molecular complexity index is 1460. The third-order valence-corrected chi connectivity index (χ3v) is 10.1. The van der Waals surface area contributed by atoms with Crippen molar-refractivity contribution in [3.63, 3.8) is 0 Å². The molecule has 4 fully saturated rings. The smallest absolute Gasteiger partial charge is 0.327 e. The molecule has 2 aromatic carbocycles. The van der Waals surface area contributed by atoms with Crippen molar-refractivity contribution in [2.24, 2.45) is 5.41 Å². The summed E-state index contributed by atoms with van der Waals surface area (Å²) < 4.78 is 20.4. The molecule has 234 valence electrons. The van der Waals surface area contributed by atoms with Crippen LogP contribution in [0.25, 0.3) is 0 Å². The molecule has 3 heterocycles. The van der Waals surface area contributed by atoms with E-state index in [2.05, 4.69) is 33.2 Å². The van der Waals surface area contributed by atoms with Crippen LogP contribution in [0.1, 0.15) is 30.0 Å². The normalized spacial score (nSPS) is 32.5. The number of carbonyl (C=O) groups excluding carboxylic acids is 3. The SMILES string of the molecule is C[C@H](O)[C@@H](NC(=O)[C@@]12C[C@H]3OC(=O)[C@@H]1N(Cc1cccc(I)c1)O[C@@H]2[C@H]1OC2(Cc4ccccc4C2)O[C@H]13)C(=O)NCCO. The van der Waals surface area contributed by atoms with Crippen molar-refractivity contribution in [1.29, 1.82) is 0 Å². The Balaban J connectivity index is 1.26. The van der Waals surface area contributed by atoms with Gasteiger partial charge >= 0.3 is 5.97 Å². The molecular formula is C31H34IN3O9. The van der Waals surface area contributed by atoms with Gasteiger partial charge in [-0.1, -0.05) is 36.4 Å². The van der Waals surface area contributed by atoms with Crippen LogP contribution in [0.15, 0.2) is 48.5 Å². The van der Waals surface area contributed by atoms with E-state index in [0.717, 1.165) is 20.3 Å². The van der Waals surface area contributed by atoms with Crippen molar-refractivity contribution in [2.75, 3.05) is 13.2 Å². The Labute approximate surface area is 267 Å². The van der Waals surface area contributed by atoms with Crippen LogP contribution in [0.3, 0.4) is 0 Å². The molecule has 3 aliphatic heterocycles. The predicted molar refractivity (Wildman–Crippen MR) is 160 cm³/mol. The molecule has 7 rings (SSSR count). The van der Waals surface area contributed by atoms with Crippen LogP contribution >= 0.6 is 22.6 Å². The van der Waals surface area contributed by atoms with Crippen molar-refractivity contribution in [3.8, 4) is 0 Å². The lowest BCUT2D eigenvalue weighted by molar-refractivity contribution is -0.217. The Hall–Kier alpha value is -2.66. The number of nitrogens with zero attached hydrogens (tertiary/aromatic N) is 1. The standard InChI is InChI=1S/C31H34IN3O9/c1-16(37)22(27(38)33-9-10-36)34-29(40)31-14-21-23-24(43-30(42-23)12-18-6-2-3-7-19(18)13-30)26(31)44-35(25(31)28(39)41-21)15-17-5-4-8-20(32)11-17/h2-8,11,16,21-26,36-37H,9-10,12-15H2,1H3,(H,33,38)(H,34,40)/t16-,21+,22+,23-,24-,25-,26+,31-/m0/s1. The number of nitrogens with one attached hydrogen (secondary N) is 2. The number of benzene rings is 2. The number of hydroxylamine groups is 2. The zero-order chi connectivity index (χ0) is 30.8.